The first-order chi connectivity index (χ1) is 14.3. The van der Waals surface area contributed by atoms with Crippen LogP contribution >= 0.6 is 11.6 Å². The van der Waals surface area contributed by atoms with E-state index in [1.807, 2.05) is 18.2 Å². The van der Waals surface area contributed by atoms with Gasteiger partial charge in [-0.15, -0.1) is 0 Å². The summed E-state index contributed by atoms with van der Waals surface area (Å²) in [7, 11) is 6.41. The van der Waals surface area contributed by atoms with E-state index in [0.717, 1.165) is 34.6 Å². The molecule has 1 aliphatic heterocycles. The van der Waals surface area contributed by atoms with Crippen molar-refractivity contribution in [3.63, 3.8) is 0 Å². The van der Waals surface area contributed by atoms with E-state index in [4.69, 9.17) is 16.3 Å². The third kappa shape index (κ3) is 4.55. The summed E-state index contributed by atoms with van der Waals surface area (Å²) in [5, 5.41) is 4.48. The number of hydrogen-bond acceptors (Lipinski definition) is 3. The summed E-state index contributed by atoms with van der Waals surface area (Å²) in [4.78, 5) is 12.4. The van der Waals surface area contributed by atoms with Crippen LogP contribution in [0.1, 0.15) is 46.3 Å². The van der Waals surface area contributed by atoms with Crippen LogP contribution in [0.15, 0.2) is 54.6 Å². The molecule has 0 fully saturated rings. The molecule has 0 amide bonds. The van der Waals surface area contributed by atoms with Crippen LogP contribution in [-0.2, 0) is 4.74 Å². The molecule has 0 radical (unpaired) electrons. The summed E-state index contributed by atoms with van der Waals surface area (Å²) < 4.78 is 6.32. The highest BCUT2D eigenvalue weighted by Gasteiger charge is 2.37. The second kappa shape index (κ2) is 8.44. The Hall–Kier alpha value is -2.30. The first-order valence-electron chi connectivity index (χ1n) is 10.6. The molecule has 1 heterocycles. The number of nitrogens with zero attached hydrogens (tertiary/aromatic N) is 1. The van der Waals surface area contributed by atoms with E-state index in [2.05, 4.69) is 62.9 Å². The molecular formula is C25H30ClN2O2+. The number of rotatable bonds is 6. The maximum Gasteiger partial charge on any atom is 0.338 e. The van der Waals surface area contributed by atoms with Crippen molar-refractivity contribution in [2.24, 2.45) is 5.92 Å². The molecule has 2 aromatic rings. The Kier molecular flexibility index (Phi) is 5.90. The number of carbonyl (C=O) groups excluding carboxylic acids is 1. The molecule has 158 valence electrons. The first kappa shape index (κ1) is 21.0. The van der Waals surface area contributed by atoms with Gasteiger partial charge in [0.15, 0.2) is 0 Å². The predicted molar refractivity (Wildman–Crippen MR) is 122 cm³/mol. The number of fused-ring (bicyclic) bond motifs is 3. The number of hydrogen-bond donors (Lipinski definition) is 1. The van der Waals surface area contributed by atoms with Crippen molar-refractivity contribution in [2.45, 2.75) is 24.8 Å². The van der Waals surface area contributed by atoms with Gasteiger partial charge in [-0.25, -0.2) is 4.79 Å². The van der Waals surface area contributed by atoms with Crippen LogP contribution in [0.5, 0.6) is 0 Å². The number of esters is 1. The van der Waals surface area contributed by atoms with Gasteiger partial charge in [0.05, 0.1) is 45.9 Å². The molecule has 2 aromatic carbocycles. The molecule has 1 N–H and O–H groups in total. The number of quaternary nitrogens is 1. The summed E-state index contributed by atoms with van der Waals surface area (Å²) in [6.07, 6.45) is 6.46. The normalized spacial score (nSPS) is 22.2. The minimum atomic E-state index is -0.250. The molecule has 4 nitrogen and oxygen atoms in total. The van der Waals surface area contributed by atoms with Gasteiger partial charge in [-0.3, -0.25) is 0 Å². The fourth-order valence-corrected chi connectivity index (χ4v) is 4.69. The first-order valence-corrected chi connectivity index (χ1v) is 11.0. The highest BCUT2D eigenvalue weighted by Crippen LogP contribution is 2.50. The number of carbonyl (C=O) groups is 1. The van der Waals surface area contributed by atoms with Gasteiger partial charge in [-0.05, 0) is 53.8 Å². The van der Waals surface area contributed by atoms with E-state index in [1.54, 1.807) is 0 Å². The molecular weight excluding hydrogens is 396 g/mol. The van der Waals surface area contributed by atoms with E-state index in [-0.39, 0.29) is 12.0 Å². The molecule has 2 aliphatic rings. The van der Waals surface area contributed by atoms with Gasteiger partial charge in [0.25, 0.3) is 0 Å². The van der Waals surface area contributed by atoms with Gasteiger partial charge in [-0.1, -0.05) is 35.9 Å². The Morgan fingerprint density at radius 1 is 1.17 bits per heavy atom. The van der Waals surface area contributed by atoms with Gasteiger partial charge < -0.3 is 14.5 Å². The number of nitrogens with one attached hydrogen (secondary N) is 1. The van der Waals surface area contributed by atoms with Crippen LogP contribution in [0, 0.1) is 5.92 Å². The Morgan fingerprint density at radius 2 is 1.93 bits per heavy atom. The minimum Gasteiger partial charge on any atom is -0.462 e. The van der Waals surface area contributed by atoms with Crippen molar-refractivity contribution >= 4 is 23.3 Å². The van der Waals surface area contributed by atoms with Gasteiger partial charge in [0.2, 0.25) is 0 Å². The highest BCUT2D eigenvalue weighted by molar-refractivity contribution is 6.30. The molecule has 0 saturated heterocycles. The molecule has 30 heavy (non-hydrogen) atoms. The smallest absolute Gasteiger partial charge is 0.338 e. The Morgan fingerprint density at radius 3 is 2.67 bits per heavy atom. The number of anilines is 1. The zero-order chi connectivity index (χ0) is 21.3. The molecule has 4 rings (SSSR count). The monoisotopic (exact) mass is 425 g/mol. The average Bonchev–Trinajstić information content (AvgIpc) is 3.20. The molecule has 1 aliphatic carbocycles. The van der Waals surface area contributed by atoms with Crippen molar-refractivity contribution < 1.29 is 14.0 Å². The number of halogens is 1. The third-order valence-corrected chi connectivity index (χ3v) is 6.27. The molecule has 0 bridgehead atoms. The van der Waals surface area contributed by atoms with Gasteiger partial charge in [0, 0.05) is 23.0 Å². The predicted octanol–water partition coefficient (Wildman–Crippen LogP) is 5.42. The lowest BCUT2D eigenvalue weighted by atomic mass is 9.77. The van der Waals surface area contributed by atoms with Crippen LogP contribution in [0.4, 0.5) is 5.69 Å². The SMILES string of the molecule is C[N+](C)(C)CCCOC(=O)c1ccc(C2Nc3ccc(Cl)cc3C3C=CCC32)cc1. The Bertz CT molecular complexity index is 947. The Balaban J connectivity index is 1.44. The van der Waals surface area contributed by atoms with Crippen LogP contribution in [0.3, 0.4) is 0 Å². The molecule has 0 spiro atoms. The van der Waals surface area contributed by atoms with Gasteiger partial charge >= 0.3 is 5.97 Å². The average molecular weight is 426 g/mol. The van der Waals surface area contributed by atoms with E-state index >= 15 is 0 Å². The Labute approximate surface area is 184 Å². The summed E-state index contributed by atoms with van der Waals surface area (Å²) in [6.45, 7) is 1.43. The van der Waals surface area contributed by atoms with Crippen molar-refractivity contribution in [1.29, 1.82) is 0 Å². The lowest BCUT2D eigenvalue weighted by Crippen LogP contribution is -2.35. The van der Waals surface area contributed by atoms with Crippen LogP contribution in [0.2, 0.25) is 5.02 Å². The molecule has 3 unspecified atom stereocenters. The third-order valence-electron chi connectivity index (χ3n) is 6.04. The fraction of sp³-hybridized carbons (Fsp3) is 0.400. The van der Waals surface area contributed by atoms with Crippen LogP contribution in [-0.4, -0.2) is 44.7 Å². The minimum absolute atomic E-state index is 0.202. The van der Waals surface area contributed by atoms with Gasteiger partial charge in [-0.2, -0.15) is 0 Å². The van der Waals surface area contributed by atoms with E-state index in [1.165, 1.54) is 11.1 Å². The second-order valence-corrected chi connectivity index (χ2v) is 9.77. The van der Waals surface area contributed by atoms with Crippen molar-refractivity contribution in [3.05, 3.63) is 76.3 Å². The summed E-state index contributed by atoms with van der Waals surface area (Å²) in [5.41, 5.74) is 4.20. The largest absolute Gasteiger partial charge is 0.462 e. The molecule has 0 saturated carbocycles. The molecule has 0 aromatic heterocycles. The lowest BCUT2D eigenvalue weighted by molar-refractivity contribution is -0.870. The summed E-state index contributed by atoms with van der Waals surface area (Å²) in [5.74, 6) is 0.570. The summed E-state index contributed by atoms with van der Waals surface area (Å²) in [6, 6.07) is 14.1. The fourth-order valence-electron chi connectivity index (χ4n) is 4.51. The summed E-state index contributed by atoms with van der Waals surface area (Å²) >= 11 is 6.24. The van der Waals surface area contributed by atoms with Crippen LogP contribution in [0.25, 0.3) is 0 Å². The van der Waals surface area contributed by atoms with E-state index in [9.17, 15) is 4.79 Å². The van der Waals surface area contributed by atoms with Crippen molar-refractivity contribution in [2.75, 3.05) is 39.6 Å². The number of benzene rings is 2. The number of allylic oxidation sites excluding steroid dienone is 2. The van der Waals surface area contributed by atoms with Crippen molar-refractivity contribution in [3.8, 4) is 0 Å². The highest BCUT2D eigenvalue weighted by atomic mass is 35.5. The quantitative estimate of drug-likeness (QED) is 0.290. The van der Waals surface area contributed by atoms with E-state index < -0.39 is 0 Å². The van der Waals surface area contributed by atoms with Gasteiger partial charge in [0.1, 0.15) is 0 Å². The lowest BCUT2D eigenvalue weighted by Gasteiger charge is -2.37. The maximum atomic E-state index is 12.4. The molecule has 3 atom stereocenters. The topological polar surface area (TPSA) is 38.3 Å². The van der Waals surface area contributed by atoms with Crippen LogP contribution < -0.4 is 5.32 Å². The zero-order valence-electron chi connectivity index (χ0n) is 17.9. The number of ether oxygens (including phenoxy) is 1. The molecule has 5 heteroatoms. The standard InChI is InChI=1S/C25H30ClN2O2/c1-28(2,3)14-5-15-30-25(29)18-10-8-17(9-11-18)24-21-7-4-6-20(21)22-16-19(26)12-13-23(22)27-24/h4,6,8-13,16,20-21,24,27H,5,7,14-15H2,1-3H3/q+1. The maximum absolute atomic E-state index is 12.4. The van der Waals surface area contributed by atoms with E-state index in [0.29, 0.717) is 24.0 Å². The second-order valence-electron chi connectivity index (χ2n) is 9.33. The zero-order valence-corrected chi connectivity index (χ0v) is 18.7. The van der Waals surface area contributed by atoms with Crippen molar-refractivity contribution in [1.82, 2.24) is 0 Å².